The lowest BCUT2D eigenvalue weighted by Gasteiger charge is -2.26. The van der Waals surface area contributed by atoms with Crippen molar-refractivity contribution in [3.8, 4) is 0 Å². The second-order valence-corrected chi connectivity index (χ2v) is 5.37. The number of nitrogens with one attached hydrogen (secondary N) is 2. The van der Waals surface area contributed by atoms with Crippen LogP contribution in [-0.4, -0.2) is 40.4 Å². The van der Waals surface area contributed by atoms with Crippen LogP contribution in [0.5, 0.6) is 0 Å². The Morgan fingerprint density at radius 3 is 2.90 bits per heavy atom. The third-order valence-electron chi connectivity index (χ3n) is 4.08. The zero-order chi connectivity index (χ0) is 14.4. The Bertz CT molecular complexity index is 440. The Hall–Kier alpha value is -0.860. The van der Waals surface area contributed by atoms with Crippen LogP contribution < -0.4 is 10.6 Å². The highest BCUT2D eigenvalue weighted by Crippen LogP contribution is 2.11. The van der Waals surface area contributed by atoms with Crippen molar-refractivity contribution in [2.75, 3.05) is 13.6 Å². The standard InChI is InChI=1S/C14H26N6.HI/c1-4-11(5-2)8-16-14(15-3)19-12-6-7-13-17-10-18-20(13)9-12;/h10-12H,4-9H2,1-3H3,(H2,15,16,19);1H. The largest absolute Gasteiger partial charge is 0.356 e. The van der Waals surface area contributed by atoms with Crippen LogP contribution in [0.4, 0.5) is 0 Å². The number of aromatic nitrogens is 3. The van der Waals surface area contributed by atoms with Gasteiger partial charge in [0.1, 0.15) is 12.2 Å². The number of fused-ring (bicyclic) bond motifs is 1. The first-order valence-corrected chi connectivity index (χ1v) is 7.60. The molecule has 1 aliphatic heterocycles. The summed E-state index contributed by atoms with van der Waals surface area (Å²) in [6.45, 7) is 6.31. The van der Waals surface area contributed by atoms with E-state index < -0.39 is 0 Å². The fraction of sp³-hybridized carbons (Fsp3) is 0.786. The van der Waals surface area contributed by atoms with E-state index in [1.807, 2.05) is 11.7 Å². The summed E-state index contributed by atoms with van der Waals surface area (Å²) in [5.41, 5.74) is 0. The fourth-order valence-corrected chi connectivity index (χ4v) is 2.56. The lowest BCUT2D eigenvalue weighted by atomic mass is 10.0. The number of guanidine groups is 1. The highest BCUT2D eigenvalue weighted by atomic mass is 127. The number of nitrogens with zero attached hydrogens (tertiary/aromatic N) is 4. The van der Waals surface area contributed by atoms with Gasteiger partial charge in [-0.2, -0.15) is 5.10 Å². The van der Waals surface area contributed by atoms with Crippen LogP contribution in [0.15, 0.2) is 11.3 Å². The van der Waals surface area contributed by atoms with E-state index in [4.69, 9.17) is 0 Å². The number of hydrogen-bond donors (Lipinski definition) is 2. The lowest BCUT2D eigenvalue weighted by Crippen LogP contribution is -2.48. The summed E-state index contributed by atoms with van der Waals surface area (Å²) < 4.78 is 1.98. The molecular formula is C14H27IN6. The summed E-state index contributed by atoms with van der Waals surface area (Å²) in [4.78, 5) is 8.57. The van der Waals surface area contributed by atoms with Gasteiger partial charge in [0.25, 0.3) is 0 Å². The predicted molar refractivity (Wildman–Crippen MR) is 96.1 cm³/mol. The summed E-state index contributed by atoms with van der Waals surface area (Å²) in [5.74, 6) is 2.69. The minimum absolute atomic E-state index is 0. The molecule has 0 fully saturated rings. The van der Waals surface area contributed by atoms with E-state index in [1.165, 1.54) is 12.8 Å². The second-order valence-electron chi connectivity index (χ2n) is 5.37. The molecule has 0 radical (unpaired) electrons. The molecule has 0 spiro atoms. The van der Waals surface area contributed by atoms with Gasteiger partial charge in [-0.3, -0.25) is 4.99 Å². The average molecular weight is 406 g/mol. The monoisotopic (exact) mass is 406 g/mol. The van der Waals surface area contributed by atoms with Gasteiger partial charge in [-0.25, -0.2) is 9.67 Å². The number of halogens is 1. The van der Waals surface area contributed by atoms with Crippen LogP contribution in [0, 0.1) is 5.92 Å². The first-order valence-electron chi connectivity index (χ1n) is 7.60. The maximum atomic E-state index is 4.32. The van der Waals surface area contributed by atoms with E-state index in [0.717, 1.165) is 37.7 Å². The van der Waals surface area contributed by atoms with Crippen molar-refractivity contribution in [1.29, 1.82) is 0 Å². The number of rotatable bonds is 5. The Labute approximate surface area is 144 Å². The molecule has 0 bridgehead atoms. The van der Waals surface area contributed by atoms with E-state index in [9.17, 15) is 0 Å². The van der Waals surface area contributed by atoms with Crippen LogP contribution in [0.3, 0.4) is 0 Å². The van der Waals surface area contributed by atoms with Gasteiger partial charge >= 0.3 is 0 Å². The molecule has 1 aromatic rings. The third kappa shape index (κ3) is 5.12. The van der Waals surface area contributed by atoms with Gasteiger partial charge in [0.15, 0.2) is 5.96 Å². The molecule has 2 heterocycles. The maximum absolute atomic E-state index is 4.32. The van der Waals surface area contributed by atoms with Crippen molar-refractivity contribution in [1.82, 2.24) is 25.4 Å². The van der Waals surface area contributed by atoms with Crippen molar-refractivity contribution in [2.24, 2.45) is 10.9 Å². The van der Waals surface area contributed by atoms with E-state index in [1.54, 1.807) is 6.33 Å². The highest BCUT2D eigenvalue weighted by molar-refractivity contribution is 14.0. The number of aliphatic imine (C=N–C) groups is 1. The van der Waals surface area contributed by atoms with Gasteiger partial charge in [0.2, 0.25) is 0 Å². The zero-order valence-corrected chi connectivity index (χ0v) is 15.5. The topological polar surface area (TPSA) is 67.1 Å². The molecule has 0 aromatic carbocycles. The van der Waals surface area contributed by atoms with Crippen molar-refractivity contribution in [3.63, 3.8) is 0 Å². The van der Waals surface area contributed by atoms with Gasteiger partial charge in [-0.05, 0) is 12.3 Å². The summed E-state index contributed by atoms with van der Waals surface area (Å²) in [5, 5.41) is 11.2. The molecule has 7 heteroatoms. The normalized spacial score (nSPS) is 18.1. The van der Waals surface area contributed by atoms with Gasteiger partial charge in [0, 0.05) is 26.1 Å². The molecule has 0 saturated heterocycles. The Morgan fingerprint density at radius 2 is 2.24 bits per heavy atom. The molecule has 0 aliphatic carbocycles. The molecule has 1 aliphatic rings. The van der Waals surface area contributed by atoms with E-state index in [2.05, 4.69) is 39.6 Å². The summed E-state index contributed by atoms with van der Waals surface area (Å²) >= 11 is 0. The van der Waals surface area contributed by atoms with Crippen LogP contribution in [0.2, 0.25) is 0 Å². The molecule has 0 saturated carbocycles. The van der Waals surface area contributed by atoms with Crippen molar-refractivity contribution in [2.45, 2.75) is 52.1 Å². The Kier molecular flexibility index (Phi) is 7.98. The number of hydrogen-bond acceptors (Lipinski definition) is 3. The molecule has 1 atom stereocenters. The fourth-order valence-electron chi connectivity index (χ4n) is 2.56. The SMILES string of the molecule is CCC(CC)CNC(=NC)NC1CCc2ncnn2C1.I. The Morgan fingerprint density at radius 1 is 1.48 bits per heavy atom. The average Bonchev–Trinajstić information content (AvgIpc) is 2.94. The summed E-state index contributed by atoms with van der Waals surface area (Å²) in [7, 11) is 1.83. The molecule has 1 aromatic heterocycles. The van der Waals surface area contributed by atoms with E-state index in [0.29, 0.717) is 12.0 Å². The minimum Gasteiger partial charge on any atom is -0.356 e. The summed E-state index contributed by atoms with van der Waals surface area (Å²) in [6, 6.07) is 0.372. The van der Waals surface area contributed by atoms with Crippen molar-refractivity contribution < 1.29 is 0 Å². The molecule has 6 nitrogen and oxygen atoms in total. The van der Waals surface area contributed by atoms with Crippen molar-refractivity contribution in [3.05, 3.63) is 12.2 Å². The lowest BCUT2D eigenvalue weighted by molar-refractivity contribution is 0.390. The maximum Gasteiger partial charge on any atom is 0.191 e. The van der Waals surface area contributed by atoms with E-state index >= 15 is 0 Å². The predicted octanol–water partition coefficient (Wildman–Crippen LogP) is 1.81. The second kappa shape index (κ2) is 9.22. The smallest absolute Gasteiger partial charge is 0.191 e. The molecule has 120 valence electrons. The first-order chi connectivity index (χ1) is 9.76. The van der Waals surface area contributed by atoms with Gasteiger partial charge in [-0.15, -0.1) is 24.0 Å². The van der Waals surface area contributed by atoms with E-state index in [-0.39, 0.29) is 24.0 Å². The first kappa shape index (κ1) is 18.2. The molecule has 2 rings (SSSR count). The quantitative estimate of drug-likeness (QED) is 0.445. The third-order valence-corrected chi connectivity index (χ3v) is 4.08. The van der Waals surface area contributed by atoms with Crippen LogP contribution in [0.25, 0.3) is 0 Å². The summed E-state index contributed by atoms with van der Waals surface area (Å²) in [6.07, 6.45) is 6.09. The minimum atomic E-state index is 0. The Balaban J connectivity index is 0.00000220. The van der Waals surface area contributed by atoms with Crippen LogP contribution >= 0.6 is 24.0 Å². The highest BCUT2D eigenvalue weighted by Gasteiger charge is 2.20. The van der Waals surface area contributed by atoms with Crippen LogP contribution in [0.1, 0.15) is 38.9 Å². The molecule has 2 N–H and O–H groups in total. The number of aryl methyl sites for hydroxylation is 1. The van der Waals surface area contributed by atoms with Gasteiger partial charge in [-0.1, -0.05) is 26.7 Å². The molecular weight excluding hydrogens is 379 g/mol. The zero-order valence-electron chi connectivity index (χ0n) is 13.2. The van der Waals surface area contributed by atoms with Gasteiger partial charge < -0.3 is 10.6 Å². The molecule has 0 amide bonds. The van der Waals surface area contributed by atoms with Crippen LogP contribution in [-0.2, 0) is 13.0 Å². The van der Waals surface area contributed by atoms with Gasteiger partial charge in [0.05, 0.1) is 6.54 Å². The molecule has 21 heavy (non-hydrogen) atoms. The molecule has 1 unspecified atom stereocenters. The van der Waals surface area contributed by atoms with Crippen molar-refractivity contribution >= 4 is 29.9 Å².